The average Bonchev–Trinajstić information content (AvgIpc) is 2.54. The first kappa shape index (κ1) is 14.5. The zero-order valence-electron chi connectivity index (χ0n) is 13.0. The normalized spacial score (nSPS) is 24.1. The van der Waals surface area contributed by atoms with Gasteiger partial charge in [0, 0.05) is 5.39 Å². The van der Waals surface area contributed by atoms with Gasteiger partial charge in [-0.15, -0.1) is 0 Å². The van der Waals surface area contributed by atoms with E-state index in [0.29, 0.717) is 5.92 Å². The second kappa shape index (κ2) is 6.15. The number of aryl methyl sites for hydroxylation is 1. The van der Waals surface area contributed by atoms with E-state index in [1.807, 2.05) is 18.2 Å². The number of aromatic nitrogens is 1. The molecule has 3 rings (SSSR count). The lowest BCUT2D eigenvalue weighted by Crippen LogP contribution is -2.22. The molecule has 21 heavy (non-hydrogen) atoms. The van der Waals surface area contributed by atoms with Crippen molar-refractivity contribution in [3.05, 3.63) is 41.6 Å². The molecule has 2 aromatic rings. The number of aliphatic hydroxyl groups is 1. The molecule has 0 spiro atoms. The lowest BCUT2D eigenvalue weighted by atomic mass is 9.77. The summed E-state index contributed by atoms with van der Waals surface area (Å²) in [4.78, 5) is 4.71. The van der Waals surface area contributed by atoms with Gasteiger partial charge in [-0.1, -0.05) is 44.4 Å². The molecule has 1 aromatic heterocycles. The van der Waals surface area contributed by atoms with Crippen molar-refractivity contribution in [2.45, 2.75) is 52.1 Å². The van der Waals surface area contributed by atoms with Crippen molar-refractivity contribution in [3.8, 4) is 0 Å². The molecule has 1 aliphatic rings. The second-order valence-corrected chi connectivity index (χ2v) is 6.53. The van der Waals surface area contributed by atoms with E-state index >= 15 is 0 Å². The van der Waals surface area contributed by atoms with Crippen LogP contribution in [-0.2, 0) is 0 Å². The van der Waals surface area contributed by atoms with Crippen LogP contribution < -0.4 is 0 Å². The predicted molar refractivity (Wildman–Crippen MR) is 87.2 cm³/mol. The molecule has 1 aliphatic carbocycles. The van der Waals surface area contributed by atoms with Gasteiger partial charge in [-0.3, -0.25) is 4.98 Å². The largest absolute Gasteiger partial charge is 0.387 e. The van der Waals surface area contributed by atoms with Crippen molar-refractivity contribution in [3.63, 3.8) is 0 Å². The summed E-state index contributed by atoms with van der Waals surface area (Å²) in [6, 6.07) is 10.3. The summed E-state index contributed by atoms with van der Waals surface area (Å²) in [7, 11) is 0. The van der Waals surface area contributed by atoms with Crippen molar-refractivity contribution >= 4 is 10.9 Å². The predicted octanol–water partition coefficient (Wildman–Crippen LogP) is 4.79. The van der Waals surface area contributed by atoms with Gasteiger partial charge < -0.3 is 5.11 Å². The van der Waals surface area contributed by atoms with Gasteiger partial charge in [0.1, 0.15) is 0 Å². The smallest absolute Gasteiger partial charge is 0.0988 e. The third-order valence-corrected chi connectivity index (χ3v) is 5.09. The van der Waals surface area contributed by atoms with Crippen LogP contribution in [0.4, 0.5) is 0 Å². The van der Waals surface area contributed by atoms with Gasteiger partial charge in [0.05, 0.1) is 17.3 Å². The molecular weight excluding hydrogens is 258 g/mol. The number of nitrogens with zero attached hydrogens (tertiary/aromatic N) is 1. The van der Waals surface area contributed by atoms with Gasteiger partial charge in [-0.2, -0.15) is 0 Å². The number of fused-ring (bicyclic) bond motifs is 1. The lowest BCUT2D eigenvalue weighted by Gasteiger charge is -2.31. The average molecular weight is 283 g/mol. The Morgan fingerprint density at radius 2 is 2.10 bits per heavy atom. The Morgan fingerprint density at radius 3 is 2.90 bits per heavy atom. The fourth-order valence-electron chi connectivity index (χ4n) is 3.76. The molecule has 3 atom stereocenters. The summed E-state index contributed by atoms with van der Waals surface area (Å²) in [5, 5.41) is 12.0. The molecule has 112 valence electrons. The third-order valence-electron chi connectivity index (χ3n) is 5.09. The minimum absolute atomic E-state index is 0.372. The summed E-state index contributed by atoms with van der Waals surface area (Å²) in [6.07, 6.45) is 5.66. The van der Waals surface area contributed by atoms with E-state index in [1.54, 1.807) is 0 Å². The Hall–Kier alpha value is -1.41. The fourth-order valence-corrected chi connectivity index (χ4v) is 3.76. The van der Waals surface area contributed by atoms with Crippen LogP contribution in [0.25, 0.3) is 10.9 Å². The summed E-state index contributed by atoms with van der Waals surface area (Å²) in [5.41, 5.74) is 3.06. The van der Waals surface area contributed by atoms with Crippen molar-refractivity contribution in [2.24, 2.45) is 11.8 Å². The number of para-hydroxylation sites is 1. The Kier molecular flexibility index (Phi) is 4.25. The number of benzene rings is 1. The fraction of sp³-hybridized carbons (Fsp3) is 0.526. The van der Waals surface area contributed by atoms with E-state index < -0.39 is 6.10 Å². The molecule has 0 saturated heterocycles. The van der Waals surface area contributed by atoms with E-state index in [0.717, 1.165) is 30.0 Å². The van der Waals surface area contributed by atoms with Gasteiger partial charge in [0.15, 0.2) is 0 Å². The maximum atomic E-state index is 10.8. The Bertz CT molecular complexity index is 622. The van der Waals surface area contributed by atoms with Crippen LogP contribution in [0.3, 0.4) is 0 Å². The van der Waals surface area contributed by atoms with Gasteiger partial charge in [-0.05, 0) is 49.3 Å². The third kappa shape index (κ3) is 2.96. The van der Waals surface area contributed by atoms with E-state index in [-0.39, 0.29) is 0 Å². The molecule has 3 unspecified atom stereocenters. The molecule has 1 N–H and O–H groups in total. The van der Waals surface area contributed by atoms with Crippen molar-refractivity contribution in [2.75, 3.05) is 0 Å². The second-order valence-electron chi connectivity index (χ2n) is 6.53. The molecule has 0 radical (unpaired) electrons. The molecular formula is C19H25NO. The summed E-state index contributed by atoms with van der Waals surface area (Å²) in [5.74, 6) is 1.15. The maximum absolute atomic E-state index is 10.8. The summed E-state index contributed by atoms with van der Waals surface area (Å²) >= 11 is 0. The first-order valence-electron chi connectivity index (χ1n) is 8.23. The highest BCUT2D eigenvalue weighted by molar-refractivity contribution is 5.82. The lowest BCUT2D eigenvalue weighted by molar-refractivity contribution is 0.0647. The number of hydrogen-bond donors (Lipinski definition) is 1. The Labute approximate surface area is 127 Å². The molecule has 0 aliphatic heterocycles. The first-order chi connectivity index (χ1) is 10.2. The quantitative estimate of drug-likeness (QED) is 0.878. The number of pyridine rings is 1. The molecule has 2 nitrogen and oxygen atoms in total. The molecule has 1 saturated carbocycles. The van der Waals surface area contributed by atoms with Crippen LogP contribution in [0, 0.1) is 18.8 Å². The van der Waals surface area contributed by atoms with Crippen LogP contribution in [0.2, 0.25) is 0 Å². The monoisotopic (exact) mass is 283 g/mol. The van der Waals surface area contributed by atoms with Gasteiger partial charge >= 0.3 is 0 Å². The zero-order valence-corrected chi connectivity index (χ0v) is 13.0. The van der Waals surface area contributed by atoms with Gasteiger partial charge in [0.2, 0.25) is 0 Å². The van der Waals surface area contributed by atoms with Crippen LogP contribution in [0.1, 0.15) is 56.4 Å². The topological polar surface area (TPSA) is 33.1 Å². The Morgan fingerprint density at radius 1 is 1.29 bits per heavy atom. The van der Waals surface area contributed by atoms with Crippen LogP contribution in [-0.4, -0.2) is 10.1 Å². The standard InChI is InChI=1S/C19H25NO/c1-3-14-7-6-8-15(12-14)19(21)18-11-13(2)16-9-4-5-10-17(16)20-18/h4-5,9-11,14-15,19,21H,3,6-8,12H2,1-2H3. The molecule has 1 fully saturated rings. The molecule has 0 bridgehead atoms. The number of rotatable bonds is 3. The van der Waals surface area contributed by atoms with E-state index in [2.05, 4.69) is 26.0 Å². The van der Waals surface area contributed by atoms with E-state index in [4.69, 9.17) is 4.98 Å². The van der Waals surface area contributed by atoms with Crippen molar-refractivity contribution in [1.29, 1.82) is 0 Å². The highest BCUT2D eigenvalue weighted by Gasteiger charge is 2.28. The van der Waals surface area contributed by atoms with Gasteiger partial charge in [0.25, 0.3) is 0 Å². The summed E-state index contributed by atoms with van der Waals surface area (Å²) < 4.78 is 0. The van der Waals surface area contributed by atoms with Crippen molar-refractivity contribution < 1.29 is 5.11 Å². The SMILES string of the molecule is CCC1CCCC(C(O)c2cc(C)c3ccccc3n2)C1. The van der Waals surface area contributed by atoms with Crippen LogP contribution in [0.5, 0.6) is 0 Å². The zero-order chi connectivity index (χ0) is 14.8. The van der Waals surface area contributed by atoms with Crippen LogP contribution >= 0.6 is 0 Å². The van der Waals surface area contributed by atoms with Gasteiger partial charge in [-0.25, -0.2) is 0 Å². The number of hydrogen-bond acceptors (Lipinski definition) is 2. The van der Waals surface area contributed by atoms with E-state index in [9.17, 15) is 5.11 Å². The molecule has 1 heterocycles. The Balaban J connectivity index is 1.89. The maximum Gasteiger partial charge on any atom is 0.0988 e. The van der Waals surface area contributed by atoms with Crippen molar-refractivity contribution in [1.82, 2.24) is 4.98 Å². The number of aliphatic hydroxyl groups excluding tert-OH is 1. The van der Waals surface area contributed by atoms with E-state index in [1.165, 1.54) is 30.2 Å². The van der Waals surface area contributed by atoms with Crippen LogP contribution in [0.15, 0.2) is 30.3 Å². The minimum Gasteiger partial charge on any atom is -0.387 e. The highest BCUT2D eigenvalue weighted by atomic mass is 16.3. The summed E-state index contributed by atoms with van der Waals surface area (Å²) in [6.45, 7) is 4.37. The molecule has 2 heteroatoms. The first-order valence-corrected chi connectivity index (χ1v) is 8.23. The molecule has 1 aromatic carbocycles. The molecule has 0 amide bonds. The minimum atomic E-state index is -0.414. The highest BCUT2D eigenvalue weighted by Crippen LogP contribution is 2.38.